The van der Waals surface area contributed by atoms with Crippen molar-refractivity contribution in [1.29, 1.82) is 0 Å². The van der Waals surface area contributed by atoms with Gasteiger partial charge in [-0.15, -0.1) is 11.8 Å². The van der Waals surface area contributed by atoms with Gasteiger partial charge in [0.2, 0.25) is 0 Å². The van der Waals surface area contributed by atoms with Crippen LogP contribution in [0.3, 0.4) is 0 Å². The van der Waals surface area contributed by atoms with E-state index < -0.39 is 0 Å². The number of benzene rings is 1. The van der Waals surface area contributed by atoms with E-state index in [0.717, 1.165) is 22.7 Å². The first-order valence-electron chi connectivity index (χ1n) is 5.44. The lowest BCUT2D eigenvalue weighted by Gasteiger charge is -2.03. The predicted molar refractivity (Wildman–Crippen MR) is 70.5 cm³/mol. The summed E-state index contributed by atoms with van der Waals surface area (Å²) < 4.78 is 1.15. The standard InChI is InChI=1S/C12H16BrNS/c13-11-3-5-12(6-4-11)15-8-7-14-9-10-1-2-10/h3-6,10,14H,1-2,7-9H2. The molecule has 15 heavy (non-hydrogen) atoms. The highest BCUT2D eigenvalue weighted by Gasteiger charge is 2.19. The molecule has 0 spiro atoms. The summed E-state index contributed by atoms with van der Waals surface area (Å²) in [6.07, 6.45) is 2.87. The van der Waals surface area contributed by atoms with Gasteiger partial charge < -0.3 is 5.32 Å². The van der Waals surface area contributed by atoms with Gasteiger partial charge in [-0.05, 0) is 49.6 Å². The number of hydrogen-bond donors (Lipinski definition) is 1. The Morgan fingerprint density at radius 2 is 2.00 bits per heavy atom. The van der Waals surface area contributed by atoms with Crippen LogP contribution in [0.25, 0.3) is 0 Å². The summed E-state index contributed by atoms with van der Waals surface area (Å²) in [6, 6.07) is 8.52. The van der Waals surface area contributed by atoms with Crippen LogP contribution < -0.4 is 5.32 Å². The van der Waals surface area contributed by atoms with Crippen LogP contribution in [-0.2, 0) is 0 Å². The third-order valence-corrected chi connectivity index (χ3v) is 4.03. The Bertz CT molecular complexity index is 295. The van der Waals surface area contributed by atoms with Gasteiger partial charge in [-0.25, -0.2) is 0 Å². The molecule has 0 bridgehead atoms. The van der Waals surface area contributed by atoms with E-state index in [-0.39, 0.29) is 0 Å². The molecule has 0 unspecified atom stereocenters. The minimum absolute atomic E-state index is 0.989. The van der Waals surface area contributed by atoms with Crippen molar-refractivity contribution in [3.05, 3.63) is 28.7 Å². The zero-order valence-electron chi connectivity index (χ0n) is 8.71. The minimum Gasteiger partial charge on any atom is -0.316 e. The summed E-state index contributed by atoms with van der Waals surface area (Å²) in [5.41, 5.74) is 0. The predicted octanol–water partition coefficient (Wildman–Crippen LogP) is 3.54. The van der Waals surface area contributed by atoms with Gasteiger partial charge in [-0.2, -0.15) is 0 Å². The van der Waals surface area contributed by atoms with Gasteiger partial charge in [0.15, 0.2) is 0 Å². The molecule has 1 aromatic rings. The second-order valence-corrected chi connectivity index (χ2v) is 6.03. The molecular formula is C12H16BrNS. The molecule has 0 atom stereocenters. The van der Waals surface area contributed by atoms with Crippen molar-refractivity contribution in [3.63, 3.8) is 0 Å². The van der Waals surface area contributed by atoms with Crippen molar-refractivity contribution in [2.45, 2.75) is 17.7 Å². The van der Waals surface area contributed by atoms with Crippen molar-refractivity contribution in [2.24, 2.45) is 5.92 Å². The first-order chi connectivity index (χ1) is 7.34. The van der Waals surface area contributed by atoms with Gasteiger partial charge in [0.25, 0.3) is 0 Å². The third kappa shape index (κ3) is 4.58. The molecule has 0 heterocycles. The molecule has 0 saturated heterocycles. The molecule has 1 fully saturated rings. The molecule has 1 aliphatic rings. The van der Waals surface area contributed by atoms with E-state index in [1.54, 1.807) is 0 Å². The maximum absolute atomic E-state index is 3.50. The average molecular weight is 286 g/mol. The fourth-order valence-electron chi connectivity index (χ4n) is 1.40. The third-order valence-electron chi connectivity index (χ3n) is 2.49. The fraction of sp³-hybridized carbons (Fsp3) is 0.500. The van der Waals surface area contributed by atoms with Crippen LogP contribution in [0.4, 0.5) is 0 Å². The monoisotopic (exact) mass is 285 g/mol. The second kappa shape index (κ2) is 5.92. The zero-order valence-corrected chi connectivity index (χ0v) is 11.1. The Morgan fingerprint density at radius 1 is 1.27 bits per heavy atom. The highest BCUT2D eigenvalue weighted by Crippen LogP contribution is 2.27. The average Bonchev–Trinajstić information content (AvgIpc) is 3.04. The Kier molecular flexibility index (Phi) is 4.54. The summed E-state index contributed by atoms with van der Waals surface area (Å²) in [5, 5.41) is 3.50. The number of nitrogens with one attached hydrogen (secondary N) is 1. The van der Waals surface area contributed by atoms with Crippen molar-refractivity contribution in [2.75, 3.05) is 18.8 Å². The van der Waals surface area contributed by atoms with E-state index in [0.29, 0.717) is 0 Å². The molecule has 1 aromatic carbocycles. The fourth-order valence-corrected chi connectivity index (χ4v) is 2.48. The van der Waals surface area contributed by atoms with Crippen molar-refractivity contribution in [1.82, 2.24) is 5.32 Å². The van der Waals surface area contributed by atoms with Crippen LogP contribution in [0.2, 0.25) is 0 Å². The smallest absolute Gasteiger partial charge is 0.0176 e. The zero-order chi connectivity index (χ0) is 10.5. The van der Waals surface area contributed by atoms with Crippen molar-refractivity contribution >= 4 is 27.7 Å². The molecule has 1 N–H and O–H groups in total. The Labute approximate surface area is 104 Å². The number of hydrogen-bond acceptors (Lipinski definition) is 2. The van der Waals surface area contributed by atoms with Crippen molar-refractivity contribution in [3.8, 4) is 0 Å². The van der Waals surface area contributed by atoms with E-state index in [9.17, 15) is 0 Å². The molecule has 3 heteroatoms. The molecular weight excluding hydrogens is 270 g/mol. The maximum atomic E-state index is 3.50. The molecule has 0 amide bonds. The lowest BCUT2D eigenvalue weighted by atomic mass is 10.4. The Hall–Kier alpha value is 0.01000. The van der Waals surface area contributed by atoms with E-state index >= 15 is 0 Å². The van der Waals surface area contributed by atoms with Gasteiger partial charge in [-0.3, -0.25) is 0 Å². The van der Waals surface area contributed by atoms with Gasteiger partial charge >= 0.3 is 0 Å². The molecule has 0 aliphatic heterocycles. The SMILES string of the molecule is Brc1ccc(SCCNCC2CC2)cc1. The summed E-state index contributed by atoms with van der Waals surface area (Å²) in [4.78, 5) is 1.35. The molecule has 82 valence electrons. The Balaban J connectivity index is 1.58. The van der Waals surface area contributed by atoms with E-state index in [4.69, 9.17) is 0 Å². The highest BCUT2D eigenvalue weighted by molar-refractivity contribution is 9.10. The molecule has 1 aliphatic carbocycles. The molecule has 1 saturated carbocycles. The van der Waals surface area contributed by atoms with Crippen molar-refractivity contribution < 1.29 is 0 Å². The molecule has 0 aromatic heterocycles. The summed E-state index contributed by atoms with van der Waals surface area (Å²) in [6.45, 7) is 2.35. The van der Waals surface area contributed by atoms with Crippen LogP contribution in [0.5, 0.6) is 0 Å². The van der Waals surface area contributed by atoms with Gasteiger partial charge in [0.05, 0.1) is 0 Å². The lowest BCUT2D eigenvalue weighted by Crippen LogP contribution is -2.19. The highest BCUT2D eigenvalue weighted by atomic mass is 79.9. The van der Waals surface area contributed by atoms with E-state index in [1.165, 1.54) is 24.3 Å². The maximum Gasteiger partial charge on any atom is 0.0176 e. The molecule has 0 radical (unpaired) electrons. The van der Waals surface area contributed by atoms with Gasteiger partial charge in [0.1, 0.15) is 0 Å². The molecule has 2 rings (SSSR count). The summed E-state index contributed by atoms with van der Waals surface area (Å²) in [7, 11) is 0. The quantitative estimate of drug-likeness (QED) is 0.634. The summed E-state index contributed by atoms with van der Waals surface area (Å²) in [5.74, 6) is 2.15. The van der Waals surface area contributed by atoms with Gasteiger partial charge in [0, 0.05) is 21.7 Å². The minimum atomic E-state index is 0.989. The van der Waals surface area contributed by atoms with E-state index in [2.05, 4.69) is 45.5 Å². The number of halogens is 1. The van der Waals surface area contributed by atoms with Crippen LogP contribution in [0, 0.1) is 5.92 Å². The normalized spacial score (nSPS) is 15.5. The molecule has 1 nitrogen and oxygen atoms in total. The van der Waals surface area contributed by atoms with Crippen LogP contribution in [0.1, 0.15) is 12.8 Å². The first-order valence-corrected chi connectivity index (χ1v) is 7.21. The first kappa shape index (κ1) is 11.5. The van der Waals surface area contributed by atoms with E-state index in [1.807, 2.05) is 11.8 Å². The lowest BCUT2D eigenvalue weighted by molar-refractivity contribution is 0.666. The Morgan fingerprint density at radius 3 is 2.67 bits per heavy atom. The van der Waals surface area contributed by atoms with Crippen LogP contribution in [0.15, 0.2) is 33.6 Å². The van der Waals surface area contributed by atoms with Gasteiger partial charge in [-0.1, -0.05) is 15.9 Å². The van der Waals surface area contributed by atoms with Crippen LogP contribution >= 0.6 is 27.7 Å². The number of rotatable bonds is 6. The second-order valence-electron chi connectivity index (χ2n) is 3.95. The van der Waals surface area contributed by atoms with Crippen LogP contribution in [-0.4, -0.2) is 18.8 Å². The summed E-state index contributed by atoms with van der Waals surface area (Å²) >= 11 is 5.36. The topological polar surface area (TPSA) is 12.0 Å². The largest absolute Gasteiger partial charge is 0.316 e. The number of thioether (sulfide) groups is 1.